The number of nitrogens with zero attached hydrogens (tertiary/aromatic N) is 4. The van der Waals surface area contributed by atoms with Crippen LogP contribution in [0.2, 0.25) is 0 Å². The molecule has 2 atom stereocenters. The minimum atomic E-state index is -0.344. The first-order chi connectivity index (χ1) is 16.7. The van der Waals surface area contributed by atoms with Crippen LogP contribution in [0, 0.1) is 11.3 Å². The lowest BCUT2D eigenvalue weighted by molar-refractivity contribution is -0.131. The topological polar surface area (TPSA) is 70.8 Å². The van der Waals surface area contributed by atoms with E-state index in [1.165, 1.54) is 6.42 Å². The summed E-state index contributed by atoms with van der Waals surface area (Å²) in [6.45, 7) is 11.7. The van der Waals surface area contributed by atoms with Crippen molar-refractivity contribution in [2.24, 2.45) is 0 Å². The maximum Gasteiger partial charge on any atom is 0.242 e. The smallest absolute Gasteiger partial charge is 0.242 e. The van der Waals surface area contributed by atoms with Crippen LogP contribution < -0.4 is 4.90 Å². The summed E-state index contributed by atoms with van der Waals surface area (Å²) in [5, 5.41) is 18.5. The molecule has 1 amide bonds. The zero-order valence-electron chi connectivity index (χ0n) is 23.0. The Hall–Kier alpha value is -2.88. The summed E-state index contributed by atoms with van der Waals surface area (Å²) < 4.78 is 0. The largest absolute Gasteiger partial charge is 0.393 e. The van der Waals surface area contributed by atoms with Crippen LogP contribution in [0.15, 0.2) is 54.6 Å². The number of aliphatic hydroxyl groups is 1. The van der Waals surface area contributed by atoms with Crippen molar-refractivity contribution in [3.63, 3.8) is 0 Å². The molecular formula is C29H46N4O2. The summed E-state index contributed by atoms with van der Waals surface area (Å²) in [5.41, 5.74) is 2.57. The Kier molecular flexibility index (Phi) is 16.9. The molecular weight excluding hydrogens is 436 g/mol. The molecule has 0 heterocycles. The number of hydrogen-bond donors (Lipinski definition) is 1. The minimum absolute atomic E-state index is 0.0136. The van der Waals surface area contributed by atoms with Crippen molar-refractivity contribution in [2.75, 3.05) is 45.7 Å². The average Bonchev–Trinajstić information content (AvgIpc) is 2.87. The van der Waals surface area contributed by atoms with Gasteiger partial charge in [-0.3, -0.25) is 4.79 Å². The molecule has 2 aromatic carbocycles. The first kappa shape index (κ1) is 32.1. The van der Waals surface area contributed by atoms with Gasteiger partial charge >= 0.3 is 0 Å². The van der Waals surface area contributed by atoms with Gasteiger partial charge in [-0.1, -0.05) is 64.4 Å². The number of carbonyl (C=O) groups is 1. The number of anilines is 1. The molecule has 1 N–H and O–H groups in total. The van der Waals surface area contributed by atoms with E-state index in [1.807, 2.05) is 82.4 Å². The summed E-state index contributed by atoms with van der Waals surface area (Å²) in [6.07, 6.45) is 1.60. The molecule has 0 radical (unpaired) electrons. The van der Waals surface area contributed by atoms with Gasteiger partial charge in [0.25, 0.3) is 0 Å². The highest BCUT2D eigenvalue weighted by Gasteiger charge is 2.24. The van der Waals surface area contributed by atoms with E-state index in [-0.39, 0.29) is 24.6 Å². The van der Waals surface area contributed by atoms with Gasteiger partial charge in [0.05, 0.1) is 30.3 Å². The van der Waals surface area contributed by atoms with E-state index in [9.17, 15) is 9.90 Å². The summed E-state index contributed by atoms with van der Waals surface area (Å²) in [5.74, 6) is 0.0136. The maximum absolute atomic E-state index is 13.1. The monoisotopic (exact) mass is 482 g/mol. The Labute approximate surface area is 213 Å². The highest BCUT2D eigenvalue weighted by Crippen LogP contribution is 2.22. The molecule has 0 spiro atoms. The van der Waals surface area contributed by atoms with Gasteiger partial charge in [-0.05, 0) is 50.2 Å². The summed E-state index contributed by atoms with van der Waals surface area (Å²) in [6, 6.07) is 19.3. The standard InChI is InChI=1S/C24H32N4O2.C3H8.C2H6/c1-19(29)14-15-26(2)17-23(21-8-6-5-7-9-21)28(4)24(30)18-27(3)22-12-10-20(16-25)11-13-22;1-3-2;1-2/h5-13,19,23,29H,14-15,17-18H2,1-4H3;3H2,1-2H3;1-2H3. The zero-order valence-corrected chi connectivity index (χ0v) is 23.0. The highest BCUT2D eigenvalue weighted by atomic mass is 16.3. The molecule has 0 saturated heterocycles. The Balaban J connectivity index is 0.00000214. The van der Waals surface area contributed by atoms with Crippen LogP contribution in [0.4, 0.5) is 5.69 Å². The molecule has 2 unspecified atom stereocenters. The summed E-state index contributed by atoms with van der Waals surface area (Å²) >= 11 is 0. The van der Waals surface area contributed by atoms with Crippen molar-refractivity contribution in [1.29, 1.82) is 5.26 Å². The Morgan fingerprint density at radius 3 is 2.03 bits per heavy atom. The molecule has 35 heavy (non-hydrogen) atoms. The third-order valence-corrected chi connectivity index (χ3v) is 5.27. The average molecular weight is 483 g/mol. The number of amides is 1. The lowest BCUT2D eigenvalue weighted by Gasteiger charge is -2.33. The van der Waals surface area contributed by atoms with Gasteiger partial charge in [-0.15, -0.1) is 0 Å². The summed E-state index contributed by atoms with van der Waals surface area (Å²) in [7, 11) is 5.73. The normalized spacial score (nSPS) is 11.7. The molecule has 0 aliphatic rings. The lowest BCUT2D eigenvalue weighted by atomic mass is 10.0. The zero-order chi connectivity index (χ0) is 26.8. The van der Waals surface area contributed by atoms with Crippen LogP contribution in [0.3, 0.4) is 0 Å². The van der Waals surface area contributed by atoms with E-state index >= 15 is 0 Å². The van der Waals surface area contributed by atoms with Gasteiger partial charge in [-0.2, -0.15) is 5.26 Å². The molecule has 0 aliphatic heterocycles. The number of benzene rings is 2. The van der Waals surface area contributed by atoms with E-state index in [4.69, 9.17) is 5.26 Å². The molecule has 0 bridgehead atoms. The van der Waals surface area contributed by atoms with Crippen LogP contribution in [0.5, 0.6) is 0 Å². The van der Waals surface area contributed by atoms with Crippen LogP contribution in [-0.4, -0.2) is 67.7 Å². The third kappa shape index (κ3) is 12.4. The predicted octanol–water partition coefficient (Wildman–Crippen LogP) is 5.34. The van der Waals surface area contributed by atoms with Gasteiger partial charge in [0.15, 0.2) is 0 Å². The second-order valence-electron chi connectivity index (χ2n) is 8.55. The van der Waals surface area contributed by atoms with Gasteiger partial charge < -0.3 is 19.8 Å². The number of likely N-dealkylation sites (N-methyl/N-ethyl adjacent to an activating group) is 3. The number of hydrogen-bond acceptors (Lipinski definition) is 5. The van der Waals surface area contributed by atoms with Crippen molar-refractivity contribution < 1.29 is 9.90 Å². The molecule has 2 rings (SSSR count). The van der Waals surface area contributed by atoms with Gasteiger partial charge in [-0.25, -0.2) is 0 Å². The van der Waals surface area contributed by atoms with E-state index in [1.54, 1.807) is 24.0 Å². The quantitative estimate of drug-likeness (QED) is 0.495. The van der Waals surface area contributed by atoms with Gasteiger partial charge in [0.2, 0.25) is 5.91 Å². The first-order valence-electron chi connectivity index (χ1n) is 12.6. The van der Waals surface area contributed by atoms with Crippen molar-refractivity contribution in [3.05, 3.63) is 65.7 Å². The number of nitriles is 1. The fourth-order valence-corrected chi connectivity index (χ4v) is 3.29. The highest BCUT2D eigenvalue weighted by molar-refractivity contribution is 5.81. The van der Waals surface area contributed by atoms with E-state index < -0.39 is 0 Å². The number of carbonyl (C=O) groups excluding carboxylic acids is 1. The molecule has 6 heteroatoms. The van der Waals surface area contributed by atoms with Gasteiger partial charge in [0, 0.05) is 32.9 Å². The Morgan fingerprint density at radius 1 is 1.00 bits per heavy atom. The van der Waals surface area contributed by atoms with Crippen LogP contribution in [-0.2, 0) is 4.79 Å². The molecule has 6 nitrogen and oxygen atoms in total. The van der Waals surface area contributed by atoms with Gasteiger partial charge in [0.1, 0.15) is 0 Å². The Bertz CT molecular complexity index is 847. The molecule has 194 valence electrons. The fourth-order valence-electron chi connectivity index (χ4n) is 3.29. The molecule has 0 saturated carbocycles. The van der Waals surface area contributed by atoms with Crippen molar-refractivity contribution in [2.45, 2.75) is 59.6 Å². The SMILES string of the molecule is CC.CC(O)CCN(C)CC(c1ccccc1)N(C)C(=O)CN(C)c1ccc(C#N)cc1.CCC. The predicted molar refractivity (Wildman–Crippen MR) is 147 cm³/mol. The minimum Gasteiger partial charge on any atom is -0.393 e. The number of rotatable bonds is 10. The first-order valence-corrected chi connectivity index (χ1v) is 12.6. The number of aliphatic hydroxyl groups excluding tert-OH is 1. The van der Waals surface area contributed by atoms with Crippen molar-refractivity contribution in [1.82, 2.24) is 9.80 Å². The van der Waals surface area contributed by atoms with Crippen LogP contribution in [0.1, 0.15) is 64.6 Å². The van der Waals surface area contributed by atoms with Crippen LogP contribution >= 0.6 is 0 Å². The molecule has 0 fully saturated rings. The van der Waals surface area contributed by atoms with E-state index in [0.29, 0.717) is 18.5 Å². The van der Waals surface area contributed by atoms with E-state index in [0.717, 1.165) is 17.8 Å². The van der Waals surface area contributed by atoms with Crippen molar-refractivity contribution >= 4 is 11.6 Å². The maximum atomic E-state index is 13.1. The van der Waals surface area contributed by atoms with Crippen LogP contribution in [0.25, 0.3) is 0 Å². The fraction of sp³-hybridized carbons (Fsp3) is 0.517. The third-order valence-electron chi connectivity index (χ3n) is 5.27. The second-order valence-corrected chi connectivity index (χ2v) is 8.55. The summed E-state index contributed by atoms with van der Waals surface area (Å²) in [4.78, 5) is 18.9. The molecule has 0 aromatic heterocycles. The molecule has 2 aromatic rings. The molecule has 0 aliphatic carbocycles. The van der Waals surface area contributed by atoms with E-state index in [2.05, 4.69) is 24.8 Å². The lowest BCUT2D eigenvalue weighted by Crippen LogP contribution is -2.42. The second kappa shape index (κ2) is 18.4. The van der Waals surface area contributed by atoms with Crippen molar-refractivity contribution in [3.8, 4) is 6.07 Å². The Morgan fingerprint density at radius 2 is 1.54 bits per heavy atom.